The Morgan fingerprint density at radius 1 is 1.41 bits per heavy atom. The molecule has 1 amide bonds. The second kappa shape index (κ2) is 6.75. The first-order valence-corrected chi connectivity index (χ1v) is 5.53. The number of nitrogens with one attached hydrogen (secondary N) is 1. The third-order valence-electron chi connectivity index (χ3n) is 1.84. The van der Waals surface area contributed by atoms with Gasteiger partial charge in [0.25, 0.3) is 0 Å². The zero-order chi connectivity index (χ0) is 12.7. The molecule has 5 nitrogen and oxygen atoms in total. The number of ether oxygens (including phenoxy) is 2. The van der Waals surface area contributed by atoms with Gasteiger partial charge in [0, 0.05) is 6.54 Å². The molecule has 5 heteroatoms. The molecule has 0 radical (unpaired) electrons. The maximum atomic E-state index is 11.4. The van der Waals surface area contributed by atoms with Crippen LogP contribution in [-0.2, 0) is 4.74 Å². The summed E-state index contributed by atoms with van der Waals surface area (Å²) in [6, 6.07) is 7.14. The van der Waals surface area contributed by atoms with Gasteiger partial charge in [0.1, 0.15) is 12.4 Å². The van der Waals surface area contributed by atoms with Gasteiger partial charge in [0.15, 0.2) is 0 Å². The molecule has 0 spiro atoms. The predicted octanol–water partition coefficient (Wildman–Crippen LogP) is 1.98. The maximum Gasteiger partial charge on any atom is 0.411 e. The van der Waals surface area contributed by atoms with E-state index >= 15 is 0 Å². The fourth-order valence-electron chi connectivity index (χ4n) is 1.22. The molecule has 0 saturated carbocycles. The second-order valence-corrected chi connectivity index (χ2v) is 3.71. The first-order valence-electron chi connectivity index (χ1n) is 5.53. The Morgan fingerprint density at radius 3 is 2.76 bits per heavy atom. The fourth-order valence-corrected chi connectivity index (χ4v) is 1.22. The highest BCUT2D eigenvalue weighted by molar-refractivity contribution is 5.86. The maximum absolute atomic E-state index is 11.4. The zero-order valence-electron chi connectivity index (χ0n) is 10.1. The van der Waals surface area contributed by atoms with E-state index in [4.69, 9.17) is 15.2 Å². The van der Waals surface area contributed by atoms with Crippen molar-refractivity contribution < 1.29 is 14.3 Å². The van der Waals surface area contributed by atoms with Gasteiger partial charge in [0.05, 0.1) is 11.8 Å². The standard InChI is InChI=1S/C12H18N2O3/c1-9(2)17-12(15)14-10-5-3-4-6-11(10)16-8-7-13/h3-6,9H,7-8,13H2,1-2H3,(H,14,15). The van der Waals surface area contributed by atoms with Gasteiger partial charge >= 0.3 is 6.09 Å². The predicted molar refractivity (Wildman–Crippen MR) is 66.2 cm³/mol. The molecule has 0 fully saturated rings. The number of carbonyl (C=O) groups is 1. The van der Waals surface area contributed by atoms with E-state index in [1.54, 1.807) is 32.0 Å². The van der Waals surface area contributed by atoms with Crippen molar-refractivity contribution in [3.05, 3.63) is 24.3 Å². The summed E-state index contributed by atoms with van der Waals surface area (Å²) in [5.74, 6) is 0.582. The van der Waals surface area contributed by atoms with Crippen LogP contribution in [0.25, 0.3) is 0 Å². The van der Waals surface area contributed by atoms with Crippen LogP contribution in [0.15, 0.2) is 24.3 Å². The molecule has 0 atom stereocenters. The minimum Gasteiger partial charge on any atom is -0.490 e. The van der Waals surface area contributed by atoms with Gasteiger partial charge in [-0.25, -0.2) is 4.79 Å². The Kier molecular flexibility index (Phi) is 5.29. The van der Waals surface area contributed by atoms with Gasteiger partial charge in [-0.2, -0.15) is 0 Å². The molecule has 0 aliphatic carbocycles. The molecule has 1 aromatic carbocycles. The van der Waals surface area contributed by atoms with Gasteiger partial charge in [-0.3, -0.25) is 5.32 Å². The average molecular weight is 238 g/mol. The Balaban J connectivity index is 2.65. The van der Waals surface area contributed by atoms with Crippen molar-refractivity contribution >= 4 is 11.8 Å². The lowest BCUT2D eigenvalue weighted by Gasteiger charge is -2.13. The molecule has 1 aromatic rings. The van der Waals surface area contributed by atoms with Crippen molar-refractivity contribution in [2.75, 3.05) is 18.5 Å². The monoisotopic (exact) mass is 238 g/mol. The molecule has 1 rings (SSSR count). The molecular formula is C12H18N2O3. The average Bonchev–Trinajstić information content (AvgIpc) is 2.26. The Labute approximate surface area is 101 Å². The number of para-hydroxylation sites is 2. The number of rotatable bonds is 5. The highest BCUT2D eigenvalue weighted by Gasteiger charge is 2.09. The Hall–Kier alpha value is -1.75. The van der Waals surface area contributed by atoms with Crippen molar-refractivity contribution in [1.29, 1.82) is 0 Å². The van der Waals surface area contributed by atoms with Crippen molar-refractivity contribution in [2.24, 2.45) is 5.73 Å². The van der Waals surface area contributed by atoms with E-state index in [1.165, 1.54) is 0 Å². The Bertz CT molecular complexity index is 367. The summed E-state index contributed by atoms with van der Waals surface area (Å²) < 4.78 is 10.4. The number of anilines is 1. The van der Waals surface area contributed by atoms with Crippen LogP contribution in [0.3, 0.4) is 0 Å². The molecule has 0 heterocycles. The van der Waals surface area contributed by atoms with Crippen LogP contribution in [0.2, 0.25) is 0 Å². The summed E-state index contributed by atoms with van der Waals surface area (Å²) in [5, 5.41) is 2.62. The molecule has 0 aliphatic rings. The Morgan fingerprint density at radius 2 is 2.12 bits per heavy atom. The molecule has 17 heavy (non-hydrogen) atoms. The fraction of sp³-hybridized carbons (Fsp3) is 0.417. The quantitative estimate of drug-likeness (QED) is 0.822. The number of carbonyl (C=O) groups excluding carboxylic acids is 1. The van der Waals surface area contributed by atoms with Crippen molar-refractivity contribution in [3.8, 4) is 5.75 Å². The van der Waals surface area contributed by atoms with E-state index in [-0.39, 0.29) is 6.10 Å². The smallest absolute Gasteiger partial charge is 0.411 e. The summed E-state index contributed by atoms with van der Waals surface area (Å²) in [4.78, 5) is 11.4. The van der Waals surface area contributed by atoms with Gasteiger partial charge in [0.2, 0.25) is 0 Å². The van der Waals surface area contributed by atoms with Crippen molar-refractivity contribution in [1.82, 2.24) is 0 Å². The van der Waals surface area contributed by atoms with E-state index in [0.29, 0.717) is 24.6 Å². The lowest BCUT2D eigenvalue weighted by Crippen LogP contribution is -2.19. The number of amides is 1. The van der Waals surface area contributed by atoms with Crippen LogP contribution >= 0.6 is 0 Å². The lowest BCUT2D eigenvalue weighted by atomic mass is 10.3. The number of nitrogens with two attached hydrogens (primary N) is 1. The van der Waals surface area contributed by atoms with Gasteiger partial charge < -0.3 is 15.2 Å². The highest BCUT2D eigenvalue weighted by atomic mass is 16.6. The third-order valence-corrected chi connectivity index (χ3v) is 1.84. The minimum atomic E-state index is -0.496. The van der Waals surface area contributed by atoms with E-state index < -0.39 is 6.09 Å². The van der Waals surface area contributed by atoms with Crippen LogP contribution in [0.5, 0.6) is 5.75 Å². The van der Waals surface area contributed by atoms with E-state index in [0.717, 1.165) is 0 Å². The molecule has 0 saturated heterocycles. The topological polar surface area (TPSA) is 73.6 Å². The summed E-state index contributed by atoms with van der Waals surface area (Å²) >= 11 is 0. The number of hydrogen-bond acceptors (Lipinski definition) is 4. The largest absolute Gasteiger partial charge is 0.490 e. The summed E-state index contributed by atoms with van der Waals surface area (Å²) in [7, 11) is 0. The van der Waals surface area contributed by atoms with Crippen LogP contribution < -0.4 is 15.8 Å². The van der Waals surface area contributed by atoms with Gasteiger partial charge in [-0.1, -0.05) is 12.1 Å². The summed E-state index contributed by atoms with van der Waals surface area (Å²) in [6.07, 6.45) is -0.657. The summed E-state index contributed by atoms with van der Waals surface area (Å²) in [6.45, 7) is 4.40. The minimum absolute atomic E-state index is 0.160. The lowest BCUT2D eigenvalue weighted by molar-refractivity contribution is 0.130. The first kappa shape index (κ1) is 13.3. The van der Waals surface area contributed by atoms with Gasteiger partial charge in [-0.15, -0.1) is 0 Å². The second-order valence-electron chi connectivity index (χ2n) is 3.71. The number of hydrogen-bond donors (Lipinski definition) is 2. The van der Waals surface area contributed by atoms with E-state index in [1.807, 2.05) is 6.07 Å². The van der Waals surface area contributed by atoms with Gasteiger partial charge in [-0.05, 0) is 26.0 Å². The molecule has 0 aromatic heterocycles. The van der Waals surface area contributed by atoms with Crippen LogP contribution in [0, 0.1) is 0 Å². The van der Waals surface area contributed by atoms with Crippen LogP contribution in [0.1, 0.15) is 13.8 Å². The molecule has 94 valence electrons. The van der Waals surface area contributed by atoms with Crippen LogP contribution in [-0.4, -0.2) is 25.3 Å². The third kappa shape index (κ3) is 4.74. The highest BCUT2D eigenvalue weighted by Crippen LogP contribution is 2.23. The van der Waals surface area contributed by atoms with Crippen LogP contribution in [0.4, 0.5) is 10.5 Å². The SMILES string of the molecule is CC(C)OC(=O)Nc1ccccc1OCCN. The molecule has 0 aliphatic heterocycles. The van der Waals surface area contributed by atoms with E-state index in [2.05, 4.69) is 5.32 Å². The van der Waals surface area contributed by atoms with Crippen molar-refractivity contribution in [2.45, 2.75) is 20.0 Å². The summed E-state index contributed by atoms with van der Waals surface area (Å²) in [5.41, 5.74) is 5.93. The first-order chi connectivity index (χ1) is 8.13. The molecular weight excluding hydrogens is 220 g/mol. The zero-order valence-corrected chi connectivity index (χ0v) is 10.1. The number of benzene rings is 1. The van der Waals surface area contributed by atoms with E-state index in [9.17, 15) is 4.79 Å². The van der Waals surface area contributed by atoms with Crippen molar-refractivity contribution in [3.63, 3.8) is 0 Å². The molecule has 0 unspecified atom stereocenters. The normalized spacial score (nSPS) is 10.1. The molecule has 0 bridgehead atoms. The molecule has 3 N–H and O–H groups in total.